The first-order chi connectivity index (χ1) is 14.0. The lowest BCUT2D eigenvalue weighted by Crippen LogP contribution is -2.17. The van der Waals surface area contributed by atoms with Gasteiger partial charge in [0.1, 0.15) is 12.4 Å². The molecule has 0 aliphatic heterocycles. The third-order valence-electron chi connectivity index (χ3n) is 3.85. The van der Waals surface area contributed by atoms with Crippen molar-refractivity contribution < 1.29 is 9.53 Å². The molecule has 0 atom stereocenters. The Hall–Kier alpha value is -1.86. The molecule has 0 saturated carbocycles. The molecule has 0 fully saturated rings. The second kappa shape index (κ2) is 10.3. The predicted octanol–water partition coefficient (Wildman–Crippen LogP) is 6.86. The van der Waals surface area contributed by atoms with Crippen LogP contribution in [0.2, 0.25) is 10.0 Å². The van der Waals surface area contributed by atoms with Crippen LogP contribution in [-0.2, 0) is 6.61 Å². The summed E-state index contributed by atoms with van der Waals surface area (Å²) in [6.07, 6.45) is 1.53. The topological polar surface area (TPSA) is 50.7 Å². The Kier molecular flexibility index (Phi) is 7.72. The number of nitrogens with zero attached hydrogens (tertiary/aromatic N) is 1. The zero-order valence-corrected chi connectivity index (χ0v) is 19.5. The molecule has 1 N–H and O–H groups in total. The van der Waals surface area contributed by atoms with Crippen molar-refractivity contribution in [2.45, 2.75) is 6.61 Å². The number of benzene rings is 3. The molecule has 0 aliphatic rings. The third kappa shape index (κ3) is 5.82. The second-order valence-electron chi connectivity index (χ2n) is 5.87. The standard InChI is InChI=1S/C21H14Br2Cl2N2O2/c22-16-9-13(11-26-27-21(28)15-6-2-4-8-19(15)25)10-17(23)20(16)29-12-14-5-1-3-7-18(14)24/h1-11H,12H2,(H,27,28)/b26-11-. The fourth-order valence-corrected chi connectivity index (χ4v) is 4.29. The molecule has 0 unspecified atom stereocenters. The first-order valence-corrected chi connectivity index (χ1v) is 10.7. The Balaban J connectivity index is 1.67. The lowest BCUT2D eigenvalue weighted by atomic mass is 10.2. The van der Waals surface area contributed by atoms with Crippen LogP contribution in [-0.4, -0.2) is 12.1 Å². The molecule has 1 amide bonds. The van der Waals surface area contributed by atoms with Crippen molar-refractivity contribution in [3.63, 3.8) is 0 Å². The number of halogens is 4. The second-order valence-corrected chi connectivity index (χ2v) is 8.40. The first kappa shape index (κ1) is 21.8. The Morgan fingerprint density at radius 1 is 1.00 bits per heavy atom. The van der Waals surface area contributed by atoms with Gasteiger partial charge in [-0.05, 0) is 67.8 Å². The number of hydrogen-bond donors (Lipinski definition) is 1. The molecule has 3 rings (SSSR count). The van der Waals surface area contributed by atoms with E-state index in [4.69, 9.17) is 27.9 Å². The van der Waals surface area contributed by atoms with E-state index in [1.807, 2.05) is 36.4 Å². The zero-order valence-electron chi connectivity index (χ0n) is 14.8. The Morgan fingerprint density at radius 3 is 2.28 bits per heavy atom. The molecule has 3 aromatic carbocycles. The van der Waals surface area contributed by atoms with Crippen LogP contribution >= 0.6 is 55.1 Å². The Labute approximate surface area is 195 Å². The van der Waals surface area contributed by atoms with Gasteiger partial charge in [0, 0.05) is 10.6 Å². The molecule has 0 saturated heterocycles. The van der Waals surface area contributed by atoms with Crippen molar-refractivity contribution >= 4 is 67.2 Å². The number of carbonyl (C=O) groups excluding carboxylic acids is 1. The Bertz CT molecular complexity index is 1050. The molecule has 0 heterocycles. The van der Waals surface area contributed by atoms with E-state index in [-0.39, 0.29) is 5.91 Å². The average molecular weight is 557 g/mol. The van der Waals surface area contributed by atoms with E-state index in [1.165, 1.54) is 6.21 Å². The summed E-state index contributed by atoms with van der Waals surface area (Å²) < 4.78 is 7.36. The summed E-state index contributed by atoms with van der Waals surface area (Å²) in [6, 6.07) is 17.9. The predicted molar refractivity (Wildman–Crippen MR) is 124 cm³/mol. The highest BCUT2D eigenvalue weighted by atomic mass is 79.9. The van der Waals surface area contributed by atoms with Gasteiger partial charge in [0.2, 0.25) is 0 Å². The lowest BCUT2D eigenvalue weighted by Gasteiger charge is -2.12. The fourth-order valence-electron chi connectivity index (χ4n) is 2.43. The summed E-state index contributed by atoms with van der Waals surface area (Å²) in [5.74, 6) is 0.256. The average Bonchev–Trinajstić information content (AvgIpc) is 2.69. The van der Waals surface area contributed by atoms with Crippen LogP contribution < -0.4 is 10.2 Å². The SMILES string of the molecule is O=C(N/N=C\c1cc(Br)c(OCc2ccccc2Cl)c(Br)c1)c1ccccc1Cl. The smallest absolute Gasteiger partial charge is 0.272 e. The van der Waals surface area contributed by atoms with Crippen LogP contribution in [0.5, 0.6) is 5.75 Å². The number of nitrogens with one attached hydrogen (secondary N) is 1. The highest BCUT2D eigenvalue weighted by molar-refractivity contribution is 9.11. The Morgan fingerprint density at radius 2 is 1.62 bits per heavy atom. The van der Waals surface area contributed by atoms with E-state index in [0.717, 1.165) is 20.1 Å². The third-order valence-corrected chi connectivity index (χ3v) is 5.73. The van der Waals surface area contributed by atoms with Gasteiger partial charge in [-0.2, -0.15) is 5.10 Å². The maximum atomic E-state index is 12.1. The van der Waals surface area contributed by atoms with E-state index < -0.39 is 0 Å². The molecular formula is C21H14Br2Cl2N2O2. The van der Waals surface area contributed by atoms with Crippen LogP contribution in [0, 0.1) is 0 Å². The van der Waals surface area contributed by atoms with E-state index >= 15 is 0 Å². The fraction of sp³-hybridized carbons (Fsp3) is 0.0476. The molecule has 0 spiro atoms. The minimum atomic E-state index is -0.385. The highest BCUT2D eigenvalue weighted by Gasteiger charge is 2.11. The summed E-state index contributed by atoms with van der Waals surface area (Å²) in [4.78, 5) is 12.1. The maximum Gasteiger partial charge on any atom is 0.272 e. The normalized spacial score (nSPS) is 10.9. The summed E-state index contributed by atoms with van der Waals surface area (Å²) in [5.41, 5.74) is 4.47. The van der Waals surface area contributed by atoms with Crippen LogP contribution in [0.1, 0.15) is 21.5 Å². The number of hydrogen-bond acceptors (Lipinski definition) is 3. The van der Waals surface area contributed by atoms with Crippen LogP contribution in [0.4, 0.5) is 0 Å². The number of carbonyl (C=O) groups is 1. The summed E-state index contributed by atoms with van der Waals surface area (Å²) >= 11 is 19.2. The minimum Gasteiger partial charge on any atom is -0.486 e. The number of rotatable bonds is 6. The van der Waals surface area contributed by atoms with E-state index in [1.54, 1.807) is 24.3 Å². The molecule has 0 bridgehead atoms. The molecule has 148 valence electrons. The van der Waals surface area contributed by atoms with Crippen LogP contribution in [0.15, 0.2) is 74.7 Å². The van der Waals surface area contributed by atoms with Crippen molar-refractivity contribution in [2.75, 3.05) is 0 Å². The molecular weight excluding hydrogens is 543 g/mol. The van der Waals surface area contributed by atoms with Crippen LogP contribution in [0.3, 0.4) is 0 Å². The van der Waals surface area contributed by atoms with Crippen molar-refractivity contribution in [3.05, 3.63) is 96.3 Å². The zero-order chi connectivity index (χ0) is 20.8. The van der Waals surface area contributed by atoms with E-state index in [9.17, 15) is 4.79 Å². The van der Waals surface area contributed by atoms with Crippen molar-refractivity contribution in [1.82, 2.24) is 5.43 Å². The molecule has 4 nitrogen and oxygen atoms in total. The van der Waals surface area contributed by atoms with Gasteiger partial charge in [0.15, 0.2) is 0 Å². The van der Waals surface area contributed by atoms with Crippen molar-refractivity contribution in [2.24, 2.45) is 5.10 Å². The van der Waals surface area contributed by atoms with Gasteiger partial charge in [-0.3, -0.25) is 4.79 Å². The highest BCUT2D eigenvalue weighted by Crippen LogP contribution is 2.35. The number of amides is 1. The van der Waals surface area contributed by atoms with Gasteiger partial charge < -0.3 is 4.74 Å². The van der Waals surface area contributed by atoms with Gasteiger partial charge in [-0.1, -0.05) is 53.5 Å². The molecule has 0 radical (unpaired) electrons. The van der Waals surface area contributed by atoms with Crippen molar-refractivity contribution in [3.8, 4) is 5.75 Å². The quantitative estimate of drug-likeness (QED) is 0.266. The first-order valence-electron chi connectivity index (χ1n) is 8.39. The van der Waals surface area contributed by atoms with Gasteiger partial charge in [-0.25, -0.2) is 5.43 Å². The van der Waals surface area contributed by atoms with Gasteiger partial charge in [0.05, 0.1) is 25.7 Å². The van der Waals surface area contributed by atoms with Crippen LogP contribution in [0.25, 0.3) is 0 Å². The number of ether oxygens (including phenoxy) is 1. The monoisotopic (exact) mass is 554 g/mol. The minimum absolute atomic E-state index is 0.332. The van der Waals surface area contributed by atoms with Crippen molar-refractivity contribution in [1.29, 1.82) is 0 Å². The molecule has 29 heavy (non-hydrogen) atoms. The van der Waals surface area contributed by atoms with Gasteiger partial charge in [0.25, 0.3) is 5.91 Å². The van der Waals surface area contributed by atoms with Gasteiger partial charge in [-0.15, -0.1) is 0 Å². The molecule has 0 aromatic heterocycles. The molecule has 3 aromatic rings. The van der Waals surface area contributed by atoms with E-state index in [0.29, 0.717) is 28.0 Å². The summed E-state index contributed by atoms with van der Waals surface area (Å²) in [6.45, 7) is 0.332. The number of hydrazone groups is 1. The van der Waals surface area contributed by atoms with Gasteiger partial charge >= 0.3 is 0 Å². The lowest BCUT2D eigenvalue weighted by molar-refractivity contribution is 0.0955. The molecule has 8 heteroatoms. The largest absolute Gasteiger partial charge is 0.486 e. The summed E-state index contributed by atoms with van der Waals surface area (Å²) in [5, 5.41) is 5.01. The summed E-state index contributed by atoms with van der Waals surface area (Å²) in [7, 11) is 0. The van der Waals surface area contributed by atoms with E-state index in [2.05, 4.69) is 42.4 Å². The maximum absolute atomic E-state index is 12.1. The molecule has 0 aliphatic carbocycles.